The summed E-state index contributed by atoms with van der Waals surface area (Å²) in [6.07, 6.45) is 0. The van der Waals surface area contributed by atoms with Crippen molar-refractivity contribution in [1.82, 2.24) is 0 Å². The fraction of sp³-hybridized carbons (Fsp3) is 0.333. The summed E-state index contributed by atoms with van der Waals surface area (Å²) in [5, 5.41) is -1.09. The standard InChI is InChI=1S/C3H3Cl2O2/c1-2(6)7-3(4)5/h3H,1H2. The Morgan fingerprint density at radius 3 is 2.14 bits per heavy atom. The van der Waals surface area contributed by atoms with E-state index >= 15 is 0 Å². The molecule has 0 aromatic rings. The second-order valence-corrected chi connectivity index (χ2v) is 1.77. The van der Waals surface area contributed by atoms with E-state index in [-0.39, 0.29) is 0 Å². The molecular formula is C3H3Cl2O2. The summed E-state index contributed by atoms with van der Waals surface area (Å²) in [5.41, 5.74) is 0. The van der Waals surface area contributed by atoms with E-state index in [9.17, 15) is 4.79 Å². The molecule has 0 saturated heterocycles. The highest BCUT2D eigenvalue weighted by atomic mass is 35.5. The molecule has 0 aromatic carbocycles. The van der Waals surface area contributed by atoms with Gasteiger partial charge in [-0.15, -0.1) is 0 Å². The van der Waals surface area contributed by atoms with Crippen molar-refractivity contribution in [1.29, 1.82) is 0 Å². The zero-order valence-electron chi connectivity index (χ0n) is 3.36. The highest BCUT2D eigenvalue weighted by molar-refractivity contribution is 6.43. The van der Waals surface area contributed by atoms with E-state index in [2.05, 4.69) is 11.7 Å². The number of hydrogen-bond acceptors (Lipinski definition) is 2. The predicted molar refractivity (Wildman–Crippen MR) is 26.9 cm³/mol. The lowest BCUT2D eigenvalue weighted by molar-refractivity contribution is -0.137. The van der Waals surface area contributed by atoms with Crippen LogP contribution in [0.15, 0.2) is 0 Å². The first-order chi connectivity index (χ1) is 3.13. The second kappa shape index (κ2) is 3.10. The summed E-state index contributed by atoms with van der Waals surface area (Å²) in [6.45, 7) is 2.85. The third-order valence-corrected chi connectivity index (χ3v) is 0.399. The zero-order valence-corrected chi connectivity index (χ0v) is 4.87. The van der Waals surface area contributed by atoms with Crippen LogP contribution in [0, 0.1) is 6.92 Å². The monoisotopic (exact) mass is 141 g/mol. The predicted octanol–water partition coefficient (Wildman–Crippen LogP) is 1.12. The Morgan fingerprint density at radius 1 is 1.71 bits per heavy atom. The minimum Gasteiger partial charge on any atom is -0.431 e. The quantitative estimate of drug-likeness (QED) is 0.405. The molecule has 0 rings (SSSR count). The minimum atomic E-state index is -1.09. The molecule has 7 heavy (non-hydrogen) atoms. The Balaban J connectivity index is 3.13. The van der Waals surface area contributed by atoms with Gasteiger partial charge in [-0.1, -0.05) is 23.2 Å². The van der Waals surface area contributed by atoms with Gasteiger partial charge in [0.05, 0.1) is 6.92 Å². The van der Waals surface area contributed by atoms with Crippen LogP contribution in [-0.2, 0) is 9.53 Å². The summed E-state index contributed by atoms with van der Waals surface area (Å²) in [6, 6.07) is 0. The van der Waals surface area contributed by atoms with Gasteiger partial charge in [0, 0.05) is 0 Å². The van der Waals surface area contributed by atoms with Gasteiger partial charge < -0.3 is 4.74 Å². The lowest BCUT2D eigenvalue weighted by Crippen LogP contribution is -2.01. The summed E-state index contributed by atoms with van der Waals surface area (Å²) in [5.74, 6) is -0.727. The molecule has 0 aliphatic rings. The van der Waals surface area contributed by atoms with Crippen LogP contribution in [-0.4, -0.2) is 11.0 Å². The molecule has 0 unspecified atom stereocenters. The molecule has 0 atom stereocenters. The molecule has 0 aliphatic carbocycles. The summed E-state index contributed by atoms with van der Waals surface area (Å²) < 4.78 is 4.03. The molecule has 0 N–H and O–H groups in total. The third kappa shape index (κ3) is 6.05. The van der Waals surface area contributed by atoms with Gasteiger partial charge in [-0.05, 0) is 0 Å². The van der Waals surface area contributed by atoms with Crippen LogP contribution in [0.1, 0.15) is 0 Å². The van der Waals surface area contributed by atoms with Crippen molar-refractivity contribution < 1.29 is 9.53 Å². The Labute approximate surface area is 51.4 Å². The number of rotatable bonds is 1. The zero-order chi connectivity index (χ0) is 5.86. The average molecular weight is 142 g/mol. The topological polar surface area (TPSA) is 26.3 Å². The first-order valence-corrected chi connectivity index (χ1v) is 2.31. The molecule has 0 bridgehead atoms. The molecule has 0 spiro atoms. The van der Waals surface area contributed by atoms with Gasteiger partial charge in [0.2, 0.25) is 0 Å². The van der Waals surface area contributed by atoms with Crippen LogP contribution in [0.3, 0.4) is 0 Å². The molecule has 0 saturated carbocycles. The van der Waals surface area contributed by atoms with Crippen molar-refractivity contribution in [3.8, 4) is 0 Å². The Kier molecular flexibility index (Phi) is 3.13. The maximum Gasteiger partial charge on any atom is 0.308 e. The Hall–Kier alpha value is 0.0500. The van der Waals surface area contributed by atoms with Crippen LogP contribution in [0.25, 0.3) is 0 Å². The molecule has 0 aromatic heterocycles. The van der Waals surface area contributed by atoms with Crippen molar-refractivity contribution in [3.63, 3.8) is 0 Å². The number of alkyl halides is 2. The largest absolute Gasteiger partial charge is 0.431 e. The molecule has 1 radical (unpaired) electrons. The highest BCUT2D eigenvalue weighted by Crippen LogP contribution is 2.01. The average Bonchev–Trinajstić information content (AvgIpc) is 1.27. The van der Waals surface area contributed by atoms with Crippen molar-refractivity contribution in [2.45, 2.75) is 5.02 Å². The van der Waals surface area contributed by atoms with Gasteiger partial charge in [0.1, 0.15) is 0 Å². The fourth-order valence-electron chi connectivity index (χ4n) is 0.0994. The van der Waals surface area contributed by atoms with Crippen molar-refractivity contribution in [2.75, 3.05) is 0 Å². The maximum atomic E-state index is 9.75. The summed E-state index contributed by atoms with van der Waals surface area (Å²) >= 11 is 9.91. The first-order valence-electron chi connectivity index (χ1n) is 1.43. The van der Waals surface area contributed by atoms with E-state index < -0.39 is 11.0 Å². The van der Waals surface area contributed by atoms with Crippen LogP contribution >= 0.6 is 23.2 Å². The molecule has 0 amide bonds. The highest BCUT2D eigenvalue weighted by Gasteiger charge is 1.98. The van der Waals surface area contributed by atoms with E-state index in [1.807, 2.05) is 0 Å². The van der Waals surface area contributed by atoms with Gasteiger partial charge >= 0.3 is 5.97 Å². The molecule has 0 aliphatic heterocycles. The van der Waals surface area contributed by atoms with Crippen LogP contribution in [0.5, 0.6) is 0 Å². The van der Waals surface area contributed by atoms with Crippen molar-refractivity contribution in [2.24, 2.45) is 0 Å². The number of esters is 1. The van der Waals surface area contributed by atoms with Crippen molar-refractivity contribution in [3.05, 3.63) is 6.92 Å². The molecular weight excluding hydrogens is 139 g/mol. The number of hydrogen-bond donors (Lipinski definition) is 0. The number of ether oxygens (including phenoxy) is 1. The lowest BCUT2D eigenvalue weighted by atomic mass is 10.8. The first kappa shape index (κ1) is 7.05. The van der Waals surface area contributed by atoms with Gasteiger partial charge in [-0.25, -0.2) is 0 Å². The van der Waals surface area contributed by atoms with Crippen LogP contribution < -0.4 is 0 Å². The molecule has 0 fully saturated rings. The van der Waals surface area contributed by atoms with E-state index in [1.165, 1.54) is 0 Å². The third-order valence-electron chi connectivity index (χ3n) is 0.221. The summed E-state index contributed by atoms with van der Waals surface area (Å²) in [7, 11) is 0. The normalized spacial score (nSPS) is 9.14. The van der Waals surface area contributed by atoms with Gasteiger partial charge in [-0.3, -0.25) is 4.79 Å². The molecule has 41 valence electrons. The SMILES string of the molecule is [CH2]C(=O)OC(Cl)Cl. The Bertz CT molecular complexity index is 71.3. The van der Waals surface area contributed by atoms with Crippen LogP contribution in [0.4, 0.5) is 0 Å². The maximum absolute atomic E-state index is 9.75. The fourth-order valence-corrected chi connectivity index (χ4v) is 0.298. The van der Waals surface area contributed by atoms with Gasteiger partial charge in [-0.2, -0.15) is 0 Å². The van der Waals surface area contributed by atoms with E-state index in [0.717, 1.165) is 0 Å². The smallest absolute Gasteiger partial charge is 0.308 e. The van der Waals surface area contributed by atoms with E-state index in [0.29, 0.717) is 0 Å². The minimum absolute atomic E-state index is 0.727. The van der Waals surface area contributed by atoms with Gasteiger partial charge in [0.15, 0.2) is 0 Å². The van der Waals surface area contributed by atoms with Crippen LogP contribution in [0.2, 0.25) is 0 Å². The summed E-state index contributed by atoms with van der Waals surface area (Å²) in [4.78, 5) is 9.75. The lowest BCUT2D eigenvalue weighted by Gasteiger charge is -1.96. The number of halogens is 2. The van der Waals surface area contributed by atoms with E-state index in [4.69, 9.17) is 23.2 Å². The Morgan fingerprint density at radius 2 is 2.14 bits per heavy atom. The molecule has 2 nitrogen and oxygen atoms in total. The van der Waals surface area contributed by atoms with Gasteiger partial charge in [0.25, 0.3) is 5.02 Å². The van der Waals surface area contributed by atoms with E-state index in [1.54, 1.807) is 0 Å². The number of carbonyl (C=O) groups is 1. The second-order valence-electron chi connectivity index (χ2n) is 0.751. The number of carbonyl (C=O) groups excluding carboxylic acids is 1. The molecule has 4 heteroatoms. The van der Waals surface area contributed by atoms with Crippen molar-refractivity contribution >= 4 is 29.2 Å². The molecule has 0 heterocycles.